The van der Waals surface area contributed by atoms with E-state index >= 15 is 0 Å². The minimum atomic E-state index is 0.0856. The van der Waals surface area contributed by atoms with Gasteiger partial charge in [0.05, 0.1) is 12.8 Å². The van der Waals surface area contributed by atoms with E-state index in [1.165, 1.54) is 6.42 Å². The van der Waals surface area contributed by atoms with Gasteiger partial charge in [-0.1, -0.05) is 0 Å². The van der Waals surface area contributed by atoms with Crippen molar-refractivity contribution in [3.8, 4) is 11.5 Å². The monoisotopic (exact) mass is 381 g/mol. The molecule has 0 spiro atoms. The highest BCUT2D eigenvalue weighted by molar-refractivity contribution is 5.92. The molecule has 1 N–H and O–H groups in total. The highest BCUT2D eigenvalue weighted by Crippen LogP contribution is 2.24. The Bertz CT molecular complexity index is 752. The lowest BCUT2D eigenvalue weighted by molar-refractivity contribution is -0.121. The molecule has 1 unspecified atom stereocenters. The Labute approximate surface area is 165 Å². The fraction of sp³-hybridized carbons (Fsp3) is 0.455. The van der Waals surface area contributed by atoms with Gasteiger partial charge in [-0.3, -0.25) is 9.78 Å². The van der Waals surface area contributed by atoms with Crippen molar-refractivity contribution in [3.63, 3.8) is 0 Å². The van der Waals surface area contributed by atoms with Crippen LogP contribution in [0.4, 0.5) is 5.69 Å². The van der Waals surface area contributed by atoms with Crippen molar-refractivity contribution in [1.82, 2.24) is 9.88 Å². The van der Waals surface area contributed by atoms with Crippen LogP contribution in [0.15, 0.2) is 48.8 Å². The zero-order chi connectivity index (χ0) is 19.2. The molecule has 2 fully saturated rings. The number of hydrogen-bond donors (Lipinski definition) is 1. The van der Waals surface area contributed by atoms with Crippen LogP contribution in [0.5, 0.6) is 11.5 Å². The largest absolute Gasteiger partial charge is 0.456 e. The quantitative estimate of drug-likeness (QED) is 0.829. The van der Waals surface area contributed by atoms with Crippen LogP contribution in [0, 0.1) is 11.8 Å². The van der Waals surface area contributed by atoms with E-state index in [0.29, 0.717) is 11.7 Å². The fourth-order valence-electron chi connectivity index (χ4n) is 3.86. The number of amides is 1. The number of rotatable bonds is 6. The van der Waals surface area contributed by atoms with Crippen LogP contribution in [0.1, 0.15) is 19.3 Å². The molecule has 1 aromatic carbocycles. The third kappa shape index (κ3) is 5.09. The average Bonchev–Trinajstić information content (AvgIpc) is 3.24. The zero-order valence-electron chi connectivity index (χ0n) is 16.0. The lowest BCUT2D eigenvalue weighted by Gasteiger charge is -2.32. The molecule has 148 valence electrons. The maximum atomic E-state index is 12.6. The van der Waals surface area contributed by atoms with Crippen LogP contribution in [0.2, 0.25) is 0 Å². The molecule has 0 saturated carbocycles. The van der Waals surface area contributed by atoms with E-state index in [9.17, 15) is 4.79 Å². The molecule has 0 aliphatic carbocycles. The van der Waals surface area contributed by atoms with Crippen molar-refractivity contribution >= 4 is 11.6 Å². The lowest BCUT2D eigenvalue weighted by atomic mass is 9.95. The van der Waals surface area contributed by atoms with E-state index < -0.39 is 0 Å². The van der Waals surface area contributed by atoms with Gasteiger partial charge in [0.25, 0.3) is 0 Å². The van der Waals surface area contributed by atoms with Crippen molar-refractivity contribution < 1.29 is 14.3 Å². The molecule has 6 nitrogen and oxygen atoms in total. The normalized spacial score (nSPS) is 20.8. The molecule has 2 aliphatic heterocycles. The van der Waals surface area contributed by atoms with Gasteiger partial charge < -0.3 is 19.7 Å². The summed E-state index contributed by atoms with van der Waals surface area (Å²) in [5.41, 5.74) is 0.800. The summed E-state index contributed by atoms with van der Waals surface area (Å²) in [6, 6.07) is 11.1. The van der Waals surface area contributed by atoms with Crippen molar-refractivity contribution in [2.45, 2.75) is 19.3 Å². The second-order valence-corrected chi connectivity index (χ2v) is 7.61. The van der Waals surface area contributed by atoms with Crippen molar-refractivity contribution in [2.24, 2.45) is 11.8 Å². The Morgan fingerprint density at radius 3 is 2.64 bits per heavy atom. The van der Waals surface area contributed by atoms with E-state index in [0.717, 1.165) is 57.1 Å². The van der Waals surface area contributed by atoms with Crippen LogP contribution in [0.25, 0.3) is 0 Å². The predicted octanol–water partition coefficient (Wildman–Crippen LogP) is 3.56. The number of aromatic nitrogens is 1. The molecule has 4 rings (SSSR count). The molecule has 0 radical (unpaired) electrons. The summed E-state index contributed by atoms with van der Waals surface area (Å²) in [5, 5.41) is 3.05. The number of nitrogens with one attached hydrogen (secondary N) is 1. The highest BCUT2D eigenvalue weighted by atomic mass is 16.5. The second-order valence-electron chi connectivity index (χ2n) is 7.61. The zero-order valence-corrected chi connectivity index (χ0v) is 16.0. The van der Waals surface area contributed by atoms with Gasteiger partial charge in [-0.25, -0.2) is 0 Å². The number of hydrogen-bond acceptors (Lipinski definition) is 5. The second kappa shape index (κ2) is 9.17. The molecule has 2 saturated heterocycles. The predicted molar refractivity (Wildman–Crippen MR) is 107 cm³/mol. The molecule has 1 atom stereocenters. The van der Waals surface area contributed by atoms with E-state index in [4.69, 9.17) is 9.47 Å². The molecule has 28 heavy (non-hydrogen) atoms. The molecule has 1 aromatic heterocycles. The third-order valence-electron chi connectivity index (χ3n) is 5.49. The van der Waals surface area contributed by atoms with Gasteiger partial charge in [0.2, 0.25) is 5.91 Å². The Morgan fingerprint density at radius 1 is 1.14 bits per heavy atom. The Morgan fingerprint density at radius 2 is 1.96 bits per heavy atom. The Balaban J connectivity index is 1.23. The first-order chi connectivity index (χ1) is 13.8. The number of pyridine rings is 1. The Kier molecular flexibility index (Phi) is 6.19. The number of carbonyl (C=O) groups excluding carboxylic acids is 1. The number of likely N-dealkylation sites (tertiary alicyclic amines) is 1. The average molecular weight is 381 g/mol. The number of benzene rings is 1. The summed E-state index contributed by atoms with van der Waals surface area (Å²) in [6.07, 6.45) is 6.38. The van der Waals surface area contributed by atoms with Gasteiger partial charge in [0, 0.05) is 31.0 Å². The van der Waals surface area contributed by atoms with E-state index in [1.54, 1.807) is 12.4 Å². The molecular weight excluding hydrogens is 354 g/mol. The van der Waals surface area contributed by atoms with Gasteiger partial charge in [0.1, 0.15) is 11.5 Å². The number of piperidine rings is 1. The topological polar surface area (TPSA) is 63.7 Å². The summed E-state index contributed by atoms with van der Waals surface area (Å²) < 4.78 is 11.2. The molecule has 3 heterocycles. The van der Waals surface area contributed by atoms with Gasteiger partial charge in [-0.2, -0.15) is 0 Å². The number of nitrogens with zero attached hydrogens (tertiary/aromatic N) is 2. The third-order valence-corrected chi connectivity index (χ3v) is 5.49. The van der Waals surface area contributed by atoms with Gasteiger partial charge in [-0.05, 0) is 74.7 Å². The molecule has 2 aliphatic rings. The van der Waals surface area contributed by atoms with Crippen LogP contribution in [0.3, 0.4) is 0 Å². The number of ether oxygens (including phenoxy) is 2. The summed E-state index contributed by atoms with van der Waals surface area (Å²) in [4.78, 5) is 19.1. The van der Waals surface area contributed by atoms with E-state index in [-0.39, 0.29) is 11.8 Å². The van der Waals surface area contributed by atoms with Crippen molar-refractivity contribution in [3.05, 3.63) is 48.8 Å². The summed E-state index contributed by atoms with van der Waals surface area (Å²) >= 11 is 0. The van der Waals surface area contributed by atoms with E-state index in [2.05, 4.69) is 15.2 Å². The summed E-state index contributed by atoms with van der Waals surface area (Å²) in [5.74, 6) is 2.27. The molecule has 6 heteroatoms. The van der Waals surface area contributed by atoms with E-state index in [1.807, 2.05) is 36.4 Å². The maximum absolute atomic E-state index is 12.6. The standard InChI is InChI=1S/C22H27N3O3/c26-22(18-7-11-25(12-8-18)15-17-9-13-27-16-17)24-19-3-5-20(6-4-19)28-21-2-1-10-23-14-21/h1-6,10,14,17-18H,7-9,11-13,15-16H2,(H,24,26). The van der Waals surface area contributed by atoms with Gasteiger partial charge in [-0.15, -0.1) is 0 Å². The lowest BCUT2D eigenvalue weighted by Crippen LogP contribution is -2.40. The first-order valence-electron chi connectivity index (χ1n) is 10.1. The number of carbonyl (C=O) groups is 1. The maximum Gasteiger partial charge on any atom is 0.227 e. The summed E-state index contributed by atoms with van der Waals surface area (Å²) in [6.45, 7) is 4.88. The van der Waals surface area contributed by atoms with Crippen LogP contribution < -0.4 is 10.1 Å². The summed E-state index contributed by atoms with van der Waals surface area (Å²) in [7, 11) is 0. The molecule has 2 aromatic rings. The first kappa shape index (κ1) is 18.9. The van der Waals surface area contributed by atoms with Gasteiger partial charge >= 0.3 is 0 Å². The van der Waals surface area contributed by atoms with Crippen LogP contribution >= 0.6 is 0 Å². The molecule has 0 bridgehead atoms. The molecular formula is C22H27N3O3. The fourth-order valence-corrected chi connectivity index (χ4v) is 3.86. The van der Waals surface area contributed by atoms with Crippen molar-refractivity contribution in [1.29, 1.82) is 0 Å². The van der Waals surface area contributed by atoms with Crippen LogP contribution in [-0.2, 0) is 9.53 Å². The van der Waals surface area contributed by atoms with Crippen LogP contribution in [-0.4, -0.2) is 48.6 Å². The smallest absolute Gasteiger partial charge is 0.227 e. The minimum absolute atomic E-state index is 0.0856. The van der Waals surface area contributed by atoms with Gasteiger partial charge in [0.15, 0.2) is 0 Å². The SMILES string of the molecule is O=C(Nc1ccc(Oc2cccnc2)cc1)C1CCN(CC2CCOC2)CC1. The van der Waals surface area contributed by atoms with Crippen molar-refractivity contribution in [2.75, 3.05) is 38.2 Å². The molecule has 1 amide bonds. The minimum Gasteiger partial charge on any atom is -0.456 e. The highest BCUT2D eigenvalue weighted by Gasteiger charge is 2.27. The Hall–Kier alpha value is -2.44. The number of anilines is 1. The first-order valence-corrected chi connectivity index (χ1v) is 10.1.